The van der Waals surface area contributed by atoms with Crippen molar-refractivity contribution < 1.29 is 9.84 Å². The molecule has 1 atom stereocenters. The Balaban J connectivity index is 2.27. The van der Waals surface area contributed by atoms with Crippen LogP contribution in [0.15, 0.2) is 18.3 Å². The molecule has 0 bridgehead atoms. The molecule has 4 heteroatoms. The lowest BCUT2D eigenvalue weighted by Gasteiger charge is -2.25. The molecule has 2 heterocycles. The lowest BCUT2D eigenvalue weighted by atomic mass is 10.2. The third-order valence-electron chi connectivity index (χ3n) is 2.83. The van der Waals surface area contributed by atoms with Crippen LogP contribution < -0.4 is 9.64 Å². The maximum absolute atomic E-state index is 9.25. The van der Waals surface area contributed by atoms with Crippen LogP contribution in [-0.2, 0) is 0 Å². The first-order chi connectivity index (χ1) is 7.36. The summed E-state index contributed by atoms with van der Waals surface area (Å²) in [5.74, 6) is 1.62. The van der Waals surface area contributed by atoms with Gasteiger partial charge in [-0.1, -0.05) is 0 Å². The van der Waals surface area contributed by atoms with Gasteiger partial charge in [0.25, 0.3) is 0 Å². The smallest absolute Gasteiger partial charge is 0.171 e. The average molecular weight is 208 g/mol. The third kappa shape index (κ3) is 1.90. The van der Waals surface area contributed by atoms with Crippen LogP contribution in [-0.4, -0.2) is 36.4 Å². The van der Waals surface area contributed by atoms with Crippen molar-refractivity contribution in [1.29, 1.82) is 0 Å². The van der Waals surface area contributed by atoms with Gasteiger partial charge in [-0.25, -0.2) is 4.98 Å². The number of rotatable bonds is 3. The predicted molar refractivity (Wildman–Crippen MR) is 58.2 cm³/mol. The summed E-state index contributed by atoms with van der Waals surface area (Å²) in [4.78, 5) is 6.44. The largest absolute Gasteiger partial charge is 0.493 e. The molecular formula is C11H16N2O2. The summed E-state index contributed by atoms with van der Waals surface area (Å²) in [6.45, 7) is 1.12. The lowest BCUT2D eigenvalue weighted by Crippen LogP contribution is -2.32. The monoisotopic (exact) mass is 208 g/mol. The molecule has 82 valence electrons. The van der Waals surface area contributed by atoms with Crippen LogP contribution in [0.4, 0.5) is 5.82 Å². The molecule has 0 aromatic carbocycles. The molecule has 1 fully saturated rings. The molecule has 0 amide bonds. The summed E-state index contributed by atoms with van der Waals surface area (Å²) < 4.78 is 5.26. The Kier molecular flexibility index (Phi) is 3.06. The van der Waals surface area contributed by atoms with Gasteiger partial charge in [0.05, 0.1) is 19.8 Å². The number of aliphatic hydroxyl groups is 1. The fourth-order valence-corrected chi connectivity index (χ4v) is 2.06. The van der Waals surface area contributed by atoms with E-state index < -0.39 is 0 Å². The lowest BCUT2D eigenvalue weighted by molar-refractivity contribution is 0.265. The van der Waals surface area contributed by atoms with Crippen LogP contribution in [0.5, 0.6) is 5.75 Å². The van der Waals surface area contributed by atoms with Crippen LogP contribution in [0.2, 0.25) is 0 Å². The summed E-state index contributed by atoms with van der Waals surface area (Å²) in [6, 6.07) is 3.94. The zero-order valence-corrected chi connectivity index (χ0v) is 8.89. The van der Waals surface area contributed by atoms with Crippen LogP contribution in [0.1, 0.15) is 12.8 Å². The fourth-order valence-electron chi connectivity index (χ4n) is 2.06. The Morgan fingerprint density at radius 1 is 1.67 bits per heavy atom. The molecule has 15 heavy (non-hydrogen) atoms. The van der Waals surface area contributed by atoms with Crippen molar-refractivity contribution >= 4 is 5.82 Å². The highest BCUT2D eigenvalue weighted by Gasteiger charge is 2.26. The van der Waals surface area contributed by atoms with Gasteiger partial charge < -0.3 is 14.7 Å². The van der Waals surface area contributed by atoms with E-state index in [9.17, 15) is 5.11 Å². The van der Waals surface area contributed by atoms with Gasteiger partial charge in [0.2, 0.25) is 0 Å². The second kappa shape index (κ2) is 4.49. The Morgan fingerprint density at radius 3 is 3.27 bits per heavy atom. The number of hydrogen-bond acceptors (Lipinski definition) is 4. The van der Waals surface area contributed by atoms with Crippen molar-refractivity contribution in [3.05, 3.63) is 18.3 Å². The van der Waals surface area contributed by atoms with Gasteiger partial charge in [0.15, 0.2) is 11.6 Å². The molecule has 0 saturated carbocycles. The minimum Gasteiger partial charge on any atom is -0.493 e. The summed E-state index contributed by atoms with van der Waals surface area (Å²) in [5.41, 5.74) is 0. The van der Waals surface area contributed by atoms with Gasteiger partial charge in [-0.2, -0.15) is 0 Å². The zero-order valence-electron chi connectivity index (χ0n) is 8.89. The SMILES string of the molecule is COc1cccnc1N1CCCC1CO. The Hall–Kier alpha value is -1.29. The van der Waals surface area contributed by atoms with Gasteiger partial charge >= 0.3 is 0 Å². The van der Waals surface area contributed by atoms with Gasteiger partial charge in [-0.3, -0.25) is 0 Å². The maximum atomic E-state index is 9.25. The normalized spacial score (nSPS) is 20.7. The van der Waals surface area contributed by atoms with Gasteiger partial charge in [-0.15, -0.1) is 0 Å². The topological polar surface area (TPSA) is 45.6 Å². The molecule has 1 saturated heterocycles. The van der Waals surface area contributed by atoms with Crippen LogP contribution in [0.25, 0.3) is 0 Å². The molecule has 1 unspecified atom stereocenters. The Morgan fingerprint density at radius 2 is 2.53 bits per heavy atom. The Bertz CT molecular complexity index is 330. The number of nitrogens with zero attached hydrogens (tertiary/aromatic N) is 2. The van der Waals surface area contributed by atoms with Gasteiger partial charge in [0.1, 0.15) is 0 Å². The molecule has 0 radical (unpaired) electrons. The van der Waals surface area contributed by atoms with Crippen molar-refractivity contribution in [2.24, 2.45) is 0 Å². The van der Waals surface area contributed by atoms with E-state index in [4.69, 9.17) is 4.74 Å². The maximum Gasteiger partial charge on any atom is 0.171 e. The standard InChI is InChI=1S/C11H16N2O2/c1-15-10-5-2-6-12-11(10)13-7-3-4-9(13)8-14/h2,5-6,9,14H,3-4,7-8H2,1H3. The van der Waals surface area contributed by atoms with E-state index in [2.05, 4.69) is 9.88 Å². The van der Waals surface area contributed by atoms with E-state index in [0.717, 1.165) is 31.0 Å². The summed E-state index contributed by atoms with van der Waals surface area (Å²) >= 11 is 0. The van der Waals surface area contributed by atoms with Crippen molar-refractivity contribution in [1.82, 2.24) is 4.98 Å². The highest BCUT2D eigenvalue weighted by Crippen LogP contribution is 2.30. The number of anilines is 1. The first kappa shape index (κ1) is 10.2. The zero-order chi connectivity index (χ0) is 10.7. The van der Waals surface area contributed by atoms with Gasteiger partial charge in [0, 0.05) is 12.7 Å². The van der Waals surface area contributed by atoms with Crippen LogP contribution in [0.3, 0.4) is 0 Å². The number of aliphatic hydroxyl groups excluding tert-OH is 1. The first-order valence-corrected chi connectivity index (χ1v) is 5.23. The van der Waals surface area contributed by atoms with E-state index in [-0.39, 0.29) is 12.6 Å². The van der Waals surface area contributed by atoms with Crippen molar-refractivity contribution in [2.75, 3.05) is 25.2 Å². The molecule has 1 aromatic rings. The number of ether oxygens (including phenoxy) is 1. The van der Waals surface area contributed by atoms with E-state index in [1.807, 2.05) is 12.1 Å². The predicted octanol–water partition coefficient (Wildman–Crippen LogP) is 1.05. The van der Waals surface area contributed by atoms with Crippen molar-refractivity contribution in [3.8, 4) is 5.75 Å². The second-order valence-corrected chi connectivity index (χ2v) is 3.70. The van der Waals surface area contributed by atoms with Crippen LogP contribution >= 0.6 is 0 Å². The van der Waals surface area contributed by atoms with Crippen molar-refractivity contribution in [3.63, 3.8) is 0 Å². The van der Waals surface area contributed by atoms with Crippen LogP contribution in [0, 0.1) is 0 Å². The van der Waals surface area contributed by atoms with E-state index in [1.165, 1.54) is 0 Å². The molecule has 1 aliphatic heterocycles. The molecule has 1 N–H and O–H groups in total. The number of aromatic nitrogens is 1. The molecule has 1 aromatic heterocycles. The number of pyridine rings is 1. The number of hydrogen-bond donors (Lipinski definition) is 1. The van der Waals surface area contributed by atoms with E-state index >= 15 is 0 Å². The van der Waals surface area contributed by atoms with E-state index in [1.54, 1.807) is 13.3 Å². The quantitative estimate of drug-likeness (QED) is 0.806. The van der Waals surface area contributed by atoms with E-state index in [0.29, 0.717) is 0 Å². The Labute approximate surface area is 89.5 Å². The average Bonchev–Trinajstić information content (AvgIpc) is 2.76. The van der Waals surface area contributed by atoms with Crippen molar-refractivity contribution in [2.45, 2.75) is 18.9 Å². The minimum atomic E-state index is 0.180. The molecule has 2 rings (SSSR count). The fraction of sp³-hybridized carbons (Fsp3) is 0.545. The molecule has 4 nitrogen and oxygen atoms in total. The highest BCUT2D eigenvalue weighted by atomic mass is 16.5. The molecule has 1 aliphatic rings. The van der Waals surface area contributed by atoms with Gasteiger partial charge in [-0.05, 0) is 25.0 Å². The summed E-state index contributed by atoms with van der Waals surface area (Å²) in [5, 5.41) is 9.25. The molecule has 0 spiro atoms. The second-order valence-electron chi connectivity index (χ2n) is 3.70. The molecule has 0 aliphatic carbocycles. The summed E-state index contributed by atoms with van der Waals surface area (Å²) in [6.07, 6.45) is 3.88. The highest BCUT2D eigenvalue weighted by molar-refractivity contribution is 5.53. The first-order valence-electron chi connectivity index (χ1n) is 5.23. The third-order valence-corrected chi connectivity index (χ3v) is 2.83. The number of methoxy groups -OCH3 is 1. The molecular weight excluding hydrogens is 192 g/mol. The summed E-state index contributed by atoms with van der Waals surface area (Å²) in [7, 11) is 1.64. The minimum absolute atomic E-state index is 0.180.